The van der Waals surface area contributed by atoms with Gasteiger partial charge in [-0.1, -0.05) is 0 Å². The highest BCUT2D eigenvalue weighted by Crippen LogP contribution is 1.92. The topological polar surface area (TPSA) is 90.7 Å². The van der Waals surface area contributed by atoms with Gasteiger partial charge in [0.25, 0.3) is 0 Å². The third kappa shape index (κ3) is 6.85. The van der Waals surface area contributed by atoms with Gasteiger partial charge in [0.2, 0.25) is 0 Å². The van der Waals surface area contributed by atoms with Crippen LogP contribution in [0.5, 0.6) is 0 Å². The lowest BCUT2D eigenvalue weighted by Crippen LogP contribution is -2.23. The van der Waals surface area contributed by atoms with E-state index in [-0.39, 0.29) is 11.9 Å². The summed E-state index contributed by atoms with van der Waals surface area (Å²) in [7, 11) is 0. The second kappa shape index (κ2) is 6.45. The van der Waals surface area contributed by atoms with Crippen LogP contribution in [0.4, 0.5) is 0 Å². The highest BCUT2D eigenvalue weighted by molar-refractivity contribution is 5.75. The highest BCUT2D eigenvalue weighted by atomic mass is 16.5. The van der Waals surface area contributed by atoms with Crippen molar-refractivity contribution >= 4 is 11.9 Å². The predicted molar refractivity (Wildman–Crippen MR) is 46.5 cm³/mol. The standard InChI is InChI=1S/C7H15N3O2/c1-2-12-6(11)4-3-5-10-7(8)9/h2-5H2,1H3,(H4,8,9,10). The van der Waals surface area contributed by atoms with Crippen LogP contribution in [-0.2, 0) is 9.53 Å². The Morgan fingerprint density at radius 3 is 2.67 bits per heavy atom. The first kappa shape index (κ1) is 10.7. The Hall–Kier alpha value is -1.26. The molecule has 5 nitrogen and oxygen atoms in total. The fourth-order valence-corrected chi connectivity index (χ4v) is 0.665. The van der Waals surface area contributed by atoms with E-state index in [1.54, 1.807) is 6.92 Å². The van der Waals surface area contributed by atoms with Crippen molar-refractivity contribution < 1.29 is 9.53 Å². The first-order valence-electron chi connectivity index (χ1n) is 3.87. The summed E-state index contributed by atoms with van der Waals surface area (Å²) in [5, 5.41) is 0. The summed E-state index contributed by atoms with van der Waals surface area (Å²) in [5.74, 6) is -0.151. The smallest absolute Gasteiger partial charge is 0.305 e. The molecule has 0 atom stereocenters. The van der Waals surface area contributed by atoms with Gasteiger partial charge in [0.15, 0.2) is 5.96 Å². The minimum atomic E-state index is -0.205. The lowest BCUT2D eigenvalue weighted by Gasteiger charge is -1.99. The zero-order valence-electron chi connectivity index (χ0n) is 7.25. The number of ether oxygens (including phenoxy) is 1. The number of hydrogen-bond donors (Lipinski definition) is 2. The van der Waals surface area contributed by atoms with Crippen LogP contribution in [0.2, 0.25) is 0 Å². The summed E-state index contributed by atoms with van der Waals surface area (Å²) < 4.78 is 4.70. The molecule has 5 heteroatoms. The molecule has 0 spiro atoms. The molecule has 70 valence electrons. The van der Waals surface area contributed by atoms with E-state index in [0.717, 1.165) is 0 Å². The first-order chi connectivity index (χ1) is 5.66. The van der Waals surface area contributed by atoms with Crippen molar-refractivity contribution in [3.8, 4) is 0 Å². The zero-order valence-corrected chi connectivity index (χ0v) is 7.25. The van der Waals surface area contributed by atoms with Gasteiger partial charge in [0.05, 0.1) is 6.61 Å². The van der Waals surface area contributed by atoms with Gasteiger partial charge in [-0.25, -0.2) is 0 Å². The van der Waals surface area contributed by atoms with Gasteiger partial charge in [-0.15, -0.1) is 0 Å². The fourth-order valence-electron chi connectivity index (χ4n) is 0.665. The first-order valence-corrected chi connectivity index (χ1v) is 3.87. The zero-order chi connectivity index (χ0) is 9.40. The fraction of sp³-hybridized carbons (Fsp3) is 0.714. The van der Waals surface area contributed by atoms with Crippen LogP contribution in [0, 0.1) is 0 Å². The molecule has 0 rings (SSSR count). The lowest BCUT2D eigenvalue weighted by atomic mass is 10.3. The number of nitrogens with two attached hydrogens (primary N) is 2. The molecule has 0 bridgehead atoms. The van der Waals surface area contributed by atoms with Gasteiger partial charge in [0.1, 0.15) is 0 Å². The van der Waals surface area contributed by atoms with Crippen LogP contribution in [0.3, 0.4) is 0 Å². The average molecular weight is 173 g/mol. The Labute approximate surface area is 71.8 Å². The number of aliphatic imine (C=N–C) groups is 1. The number of carbonyl (C=O) groups excluding carboxylic acids is 1. The van der Waals surface area contributed by atoms with Crippen LogP contribution in [0.15, 0.2) is 4.99 Å². The Bertz CT molecular complexity index is 164. The molecule has 0 heterocycles. The minimum Gasteiger partial charge on any atom is -0.466 e. The quantitative estimate of drug-likeness (QED) is 0.256. The van der Waals surface area contributed by atoms with Crippen molar-refractivity contribution in [2.24, 2.45) is 16.5 Å². The number of guanidine groups is 1. The van der Waals surface area contributed by atoms with Crippen LogP contribution >= 0.6 is 0 Å². The normalized spacial score (nSPS) is 9.08. The number of carbonyl (C=O) groups is 1. The summed E-state index contributed by atoms with van der Waals surface area (Å²) >= 11 is 0. The molecule has 0 saturated heterocycles. The predicted octanol–water partition coefficient (Wildman–Crippen LogP) is -0.397. The van der Waals surface area contributed by atoms with E-state index in [0.29, 0.717) is 26.0 Å². The summed E-state index contributed by atoms with van der Waals surface area (Å²) in [5.41, 5.74) is 10.2. The third-order valence-corrected chi connectivity index (χ3v) is 1.14. The Morgan fingerprint density at radius 1 is 1.50 bits per heavy atom. The number of hydrogen-bond acceptors (Lipinski definition) is 3. The lowest BCUT2D eigenvalue weighted by molar-refractivity contribution is -0.143. The van der Waals surface area contributed by atoms with Gasteiger partial charge >= 0.3 is 5.97 Å². The van der Waals surface area contributed by atoms with Crippen LogP contribution in [-0.4, -0.2) is 25.1 Å². The van der Waals surface area contributed by atoms with Crippen LogP contribution < -0.4 is 11.5 Å². The van der Waals surface area contributed by atoms with E-state index in [4.69, 9.17) is 16.2 Å². The Kier molecular flexibility index (Phi) is 5.77. The van der Waals surface area contributed by atoms with E-state index in [2.05, 4.69) is 4.99 Å². The molecule has 0 aliphatic heterocycles. The molecule has 4 N–H and O–H groups in total. The maximum Gasteiger partial charge on any atom is 0.305 e. The minimum absolute atomic E-state index is 0.0545. The average Bonchev–Trinajstić information content (AvgIpc) is 1.98. The van der Waals surface area contributed by atoms with Crippen molar-refractivity contribution in [3.05, 3.63) is 0 Å². The van der Waals surface area contributed by atoms with Crippen molar-refractivity contribution in [3.63, 3.8) is 0 Å². The maximum absolute atomic E-state index is 10.8. The molecule has 0 unspecified atom stereocenters. The van der Waals surface area contributed by atoms with E-state index < -0.39 is 0 Å². The van der Waals surface area contributed by atoms with Gasteiger partial charge in [0, 0.05) is 13.0 Å². The maximum atomic E-state index is 10.8. The number of nitrogens with zero attached hydrogens (tertiary/aromatic N) is 1. The SMILES string of the molecule is CCOC(=O)CCCN=C(N)N. The molecule has 12 heavy (non-hydrogen) atoms. The molecule has 0 aromatic carbocycles. The van der Waals surface area contributed by atoms with Crippen molar-refractivity contribution in [2.45, 2.75) is 19.8 Å². The van der Waals surface area contributed by atoms with E-state index in [1.807, 2.05) is 0 Å². The van der Waals surface area contributed by atoms with E-state index in [9.17, 15) is 4.79 Å². The van der Waals surface area contributed by atoms with Gasteiger partial charge in [-0.05, 0) is 13.3 Å². The number of esters is 1. The van der Waals surface area contributed by atoms with Gasteiger partial charge in [-0.3, -0.25) is 9.79 Å². The van der Waals surface area contributed by atoms with Crippen molar-refractivity contribution in [1.82, 2.24) is 0 Å². The number of rotatable bonds is 5. The summed E-state index contributed by atoms with van der Waals surface area (Å²) in [6.07, 6.45) is 0.987. The Morgan fingerprint density at radius 2 is 2.17 bits per heavy atom. The second-order valence-corrected chi connectivity index (χ2v) is 2.22. The van der Waals surface area contributed by atoms with Gasteiger partial charge < -0.3 is 16.2 Å². The molecule has 0 aromatic rings. The van der Waals surface area contributed by atoms with Crippen LogP contribution in [0.25, 0.3) is 0 Å². The van der Waals surface area contributed by atoms with E-state index >= 15 is 0 Å². The molecule has 0 aliphatic rings. The molecule has 0 saturated carbocycles. The monoisotopic (exact) mass is 173 g/mol. The molecular formula is C7H15N3O2. The summed E-state index contributed by atoms with van der Waals surface area (Å²) in [6.45, 7) is 2.66. The molecule has 0 aromatic heterocycles. The third-order valence-electron chi connectivity index (χ3n) is 1.14. The van der Waals surface area contributed by atoms with Crippen molar-refractivity contribution in [2.75, 3.05) is 13.2 Å². The Balaban J connectivity index is 3.31. The summed E-state index contributed by atoms with van der Waals surface area (Å²) in [6, 6.07) is 0. The highest BCUT2D eigenvalue weighted by Gasteiger charge is 1.99. The molecule has 0 amide bonds. The van der Waals surface area contributed by atoms with Crippen molar-refractivity contribution in [1.29, 1.82) is 0 Å². The largest absolute Gasteiger partial charge is 0.466 e. The molecule has 0 fully saturated rings. The van der Waals surface area contributed by atoms with Crippen LogP contribution in [0.1, 0.15) is 19.8 Å². The second-order valence-electron chi connectivity index (χ2n) is 2.22. The van der Waals surface area contributed by atoms with E-state index in [1.165, 1.54) is 0 Å². The van der Waals surface area contributed by atoms with Gasteiger partial charge in [-0.2, -0.15) is 0 Å². The molecule has 0 radical (unpaired) electrons. The summed E-state index contributed by atoms with van der Waals surface area (Å²) in [4.78, 5) is 14.5. The molecular weight excluding hydrogens is 158 g/mol. The molecule has 0 aliphatic carbocycles.